The smallest absolute Gasteiger partial charge is 0.120 e. The van der Waals surface area contributed by atoms with Gasteiger partial charge in [-0.15, -0.1) is 0 Å². The molecule has 0 aliphatic rings. The van der Waals surface area contributed by atoms with Gasteiger partial charge >= 0.3 is 0 Å². The number of hydrogen-bond donors (Lipinski definition) is 2. The molecule has 17 heavy (non-hydrogen) atoms. The Kier molecular flexibility index (Phi) is 3.50. The van der Waals surface area contributed by atoms with Gasteiger partial charge in [0.1, 0.15) is 5.82 Å². The van der Waals surface area contributed by atoms with E-state index in [-0.39, 0.29) is 0 Å². The number of H-pyrrole nitrogens is 1. The monoisotopic (exact) mass is 249 g/mol. The number of rotatable bonds is 3. The van der Waals surface area contributed by atoms with Crippen molar-refractivity contribution in [1.29, 1.82) is 0 Å². The van der Waals surface area contributed by atoms with Gasteiger partial charge in [0, 0.05) is 16.3 Å². The predicted octanol–water partition coefficient (Wildman–Crippen LogP) is 3.31. The highest BCUT2D eigenvalue weighted by molar-refractivity contribution is 6.30. The first-order chi connectivity index (χ1) is 8.11. The van der Waals surface area contributed by atoms with Crippen LogP contribution in [0.3, 0.4) is 0 Å². The Morgan fingerprint density at radius 2 is 1.94 bits per heavy atom. The van der Waals surface area contributed by atoms with Crippen molar-refractivity contribution in [3.63, 3.8) is 0 Å². The van der Waals surface area contributed by atoms with Crippen molar-refractivity contribution in [2.75, 3.05) is 0 Å². The summed E-state index contributed by atoms with van der Waals surface area (Å²) in [6.45, 7) is 4.69. The third kappa shape index (κ3) is 2.51. The minimum absolute atomic E-state index is 0.383. The van der Waals surface area contributed by atoms with E-state index < -0.39 is 0 Å². The number of aromatic amines is 1. The van der Waals surface area contributed by atoms with Crippen molar-refractivity contribution in [3.8, 4) is 11.3 Å². The summed E-state index contributed by atoms with van der Waals surface area (Å²) in [4.78, 5) is 7.80. The molecule has 0 saturated carbocycles. The molecular weight excluding hydrogens is 234 g/mol. The van der Waals surface area contributed by atoms with E-state index in [1.807, 2.05) is 24.3 Å². The van der Waals surface area contributed by atoms with Crippen LogP contribution in [-0.2, 0) is 6.54 Å². The number of halogens is 1. The van der Waals surface area contributed by atoms with Crippen molar-refractivity contribution in [1.82, 2.24) is 9.97 Å². The van der Waals surface area contributed by atoms with Gasteiger partial charge in [0.2, 0.25) is 0 Å². The summed E-state index contributed by atoms with van der Waals surface area (Å²) in [6.07, 6.45) is 0. The normalized spacial score (nSPS) is 11.1. The molecule has 2 rings (SSSR count). The fraction of sp³-hybridized carbons (Fsp3) is 0.308. The largest absolute Gasteiger partial charge is 0.344 e. The Labute approximate surface area is 106 Å². The molecule has 1 heterocycles. The SMILES string of the molecule is CC(C)c1[nH]c(CN)nc1-c1ccc(Cl)cc1. The summed E-state index contributed by atoms with van der Waals surface area (Å²) in [5.41, 5.74) is 8.77. The first-order valence-electron chi connectivity index (χ1n) is 5.66. The van der Waals surface area contributed by atoms with Crippen LogP contribution in [0, 0.1) is 0 Å². The second-order valence-corrected chi connectivity index (χ2v) is 4.75. The number of hydrogen-bond acceptors (Lipinski definition) is 2. The van der Waals surface area contributed by atoms with E-state index in [2.05, 4.69) is 23.8 Å². The van der Waals surface area contributed by atoms with Crippen molar-refractivity contribution in [2.24, 2.45) is 5.73 Å². The number of nitrogens with one attached hydrogen (secondary N) is 1. The highest BCUT2D eigenvalue weighted by atomic mass is 35.5. The van der Waals surface area contributed by atoms with Crippen LogP contribution in [0.5, 0.6) is 0 Å². The van der Waals surface area contributed by atoms with Crippen molar-refractivity contribution < 1.29 is 0 Å². The molecule has 0 fully saturated rings. The molecule has 0 atom stereocenters. The molecular formula is C13H16ClN3. The summed E-state index contributed by atoms with van der Waals surface area (Å²) in [5.74, 6) is 1.20. The maximum Gasteiger partial charge on any atom is 0.120 e. The van der Waals surface area contributed by atoms with E-state index >= 15 is 0 Å². The van der Waals surface area contributed by atoms with Crippen LogP contribution >= 0.6 is 11.6 Å². The van der Waals surface area contributed by atoms with Crippen molar-refractivity contribution in [3.05, 3.63) is 40.8 Å². The van der Waals surface area contributed by atoms with Crippen LogP contribution in [0.4, 0.5) is 0 Å². The van der Waals surface area contributed by atoms with Crippen LogP contribution in [0.1, 0.15) is 31.3 Å². The average Bonchev–Trinajstić information content (AvgIpc) is 2.74. The Hall–Kier alpha value is -1.32. The summed E-state index contributed by atoms with van der Waals surface area (Å²) < 4.78 is 0. The van der Waals surface area contributed by atoms with Gasteiger partial charge in [-0.05, 0) is 18.1 Å². The summed E-state index contributed by atoms with van der Waals surface area (Å²) in [6, 6.07) is 7.70. The number of imidazole rings is 1. The maximum atomic E-state index is 5.89. The molecule has 0 saturated heterocycles. The lowest BCUT2D eigenvalue weighted by molar-refractivity contribution is 0.822. The summed E-state index contributed by atoms with van der Waals surface area (Å²) in [7, 11) is 0. The molecule has 3 nitrogen and oxygen atoms in total. The van der Waals surface area contributed by atoms with Gasteiger partial charge in [-0.2, -0.15) is 0 Å². The average molecular weight is 250 g/mol. The zero-order valence-corrected chi connectivity index (χ0v) is 10.8. The summed E-state index contributed by atoms with van der Waals surface area (Å²) >= 11 is 5.89. The zero-order valence-electron chi connectivity index (χ0n) is 10.00. The number of nitrogens with two attached hydrogens (primary N) is 1. The fourth-order valence-corrected chi connectivity index (χ4v) is 1.91. The first kappa shape index (κ1) is 12.1. The molecule has 0 amide bonds. The van der Waals surface area contributed by atoms with Gasteiger partial charge in [0.05, 0.1) is 12.2 Å². The highest BCUT2D eigenvalue weighted by Crippen LogP contribution is 2.27. The van der Waals surface area contributed by atoms with E-state index in [0.717, 1.165) is 27.8 Å². The van der Waals surface area contributed by atoms with Gasteiger partial charge in [-0.1, -0.05) is 37.6 Å². The molecule has 0 aliphatic carbocycles. The van der Waals surface area contributed by atoms with Crippen LogP contribution in [0.2, 0.25) is 5.02 Å². The molecule has 90 valence electrons. The topological polar surface area (TPSA) is 54.7 Å². The second-order valence-electron chi connectivity index (χ2n) is 4.31. The highest BCUT2D eigenvalue weighted by Gasteiger charge is 2.14. The molecule has 0 bridgehead atoms. The molecule has 1 aromatic heterocycles. The van der Waals surface area contributed by atoms with E-state index in [1.165, 1.54) is 0 Å². The van der Waals surface area contributed by atoms with Crippen LogP contribution in [0.15, 0.2) is 24.3 Å². The molecule has 1 aromatic carbocycles. The quantitative estimate of drug-likeness (QED) is 0.877. The maximum absolute atomic E-state index is 5.89. The Bertz CT molecular complexity index is 500. The third-order valence-corrected chi connectivity index (χ3v) is 2.92. The molecule has 0 spiro atoms. The number of aromatic nitrogens is 2. The first-order valence-corrected chi connectivity index (χ1v) is 6.04. The lowest BCUT2D eigenvalue weighted by Gasteiger charge is -2.05. The second kappa shape index (κ2) is 4.90. The van der Waals surface area contributed by atoms with Gasteiger partial charge in [-0.3, -0.25) is 0 Å². The zero-order chi connectivity index (χ0) is 12.4. The van der Waals surface area contributed by atoms with Crippen LogP contribution in [-0.4, -0.2) is 9.97 Å². The lowest BCUT2D eigenvalue weighted by atomic mass is 10.0. The van der Waals surface area contributed by atoms with E-state index in [9.17, 15) is 0 Å². The minimum Gasteiger partial charge on any atom is -0.344 e. The lowest BCUT2D eigenvalue weighted by Crippen LogP contribution is -1.98. The van der Waals surface area contributed by atoms with Crippen LogP contribution < -0.4 is 5.73 Å². The molecule has 0 unspecified atom stereocenters. The van der Waals surface area contributed by atoms with Crippen molar-refractivity contribution >= 4 is 11.6 Å². The standard InChI is InChI=1S/C13H16ClN3/c1-8(2)12-13(17-11(7-15)16-12)9-3-5-10(14)6-4-9/h3-6,8H,7,15H2,1-2H3,(H,16,17). The van der Waals surface area contributed by atoms with Gasteiger partial charge in [-0.25, -0.2) is 4.98 Å². The Balaban J connectivity index is 2.49. The van der Waals surface area contributed by atoms with Crippen LogP contribution in [0.25, 0.3) is 11.3 Å². The van der Waals surface area contributed by atoms with Gasteiger partial charge < -0.3 is 10.7 Å². The Morgan fingerprint density at radius 3 is 2.47 bits per heavy atom. The number of nitrogens with zero attached hydrogens (tertiary/aromatic N) is 1. The molecule has 0 radical (unpaired) electrons. The van der Waals surface area contributed by atoms with E-state index in [0.29, 0.717) is 12.5 Å². The van der Waals surface area contributed by atoms with Gasteiger partial charge in [0.15, 0.2) is 0 Å². The molecule has 4 heteroatoms. The third-order valence-electron chi connectivity index (χ3n) is 2.67. The van der Waals surface area contributed by atoms with E-state index in [4.69, 9.17) is 17.3 Å². The fourth-order valence-electron chi connectivity index (χ4n) is 1.78. The summed E-state index contributed by atoms with van der Waals surface area (Å²) in [5, 5.41) is 0.731. The van der Waals surface area contributed by atoms with E-state index in [1.54, 1.807) is 0 Å². The molecule has 2 aromatic rings. The minimum atomic E-state index is 0.383. The van der Waals surface area contributed by atoms with Gasteiger partial charge in [0.25, 0.3) is 0 Å². The van der Waals surface area contributed by atoms with Crippen molar-refractivity contribution in [2.45, 2.75) is 26.3 Å². The molecule has 3 N–H and O–H groups in total. The number of benzene rings is 1. The Morgan fingerprint density at radius 1 is 1.29 bits per heavy atom. The predicted molar refractivity (Wildman–Crippen MR) is 71.0 cm³/mol. The molecule has 0 aliphatic heterocycles.